The fourth-order valence-electron chi connectivity index (χ4n) is 1.48. The summed E-state index contributed by atoms with van der Waals surface area (Å²) in [5.41, 5.74) is 3.05. The van der Waals surface area contributed by atoms with Gasteiger partial charge in [-0.2, -0.15) is 0 Å². The normalized spacial score (nSPS) is 10.8. The van der Waals surface area contributed by atoms with Crippen LogP contribution in [0.15, 0.2) is 22.7 Å². The molecule has 1 aromatic heterocycles. The van der Waals surface area contributed by atoms with Gasteiger partial charge in [-0.05, 0) is 25.1 Å². The summed E-state index contributed by atoms with van der Waals surface area (Å²) >= 11 is 3.19. The number of hydrogen-bond donors (Lipinski definition) is 2. The summed E-state index contributed by atoms with van der Waals surface area (Å²) in [7, 11) is 0. The highest BCUT2D eigenvalue weighted by Crippen LogP contribution is 2.23. The summed E-state index contributed by atoms with van der Waals surface area (Å²) in [6, 6.07) is 4.50. The number of halogens is 2. The number of carbonyl (C=O) groups is 1. The highest BCUT2D eigenvalue weighted by Gasteiger charge is 2.12. The maximum Gasteiger partial charge on any atom is 0.291 e. The molecule has 4 nitrogen and oxygen atoms in total. The van der Waals surface area contributed by atoms with E-state index < -0.39 is 5.91 Å². The van der Waals surface area contributed by atoms with Crippen molar-refractivity contribution in [1.82, 2.24) is 10.5 Å². The number of hydrogen-bond acceptors (Lipinski definition) is 2. The number of benzene rings is 1. The van der Waals surface area contributed by atoms with Gasteiger partial charge in [0.1, 0.15) is 11.5 Å². The van der Waals surface area contributed by atoms with Gasteiger partial charge in [-0.15, -0.1) is 0 Å². The second-order valence-corrected chi connectivity index (χ2v) is 4.31. The molecule has 0 spiro atoms. The lowest BCUT2D eigenvalue weighted by Crippen LogP contribution is -2.23. The quantitative estimate of drug-likeness (QED) is 0.857. The molecule has 1 aromatic carbocycles. The Morgan fingerprint density at radius 1 is 1.53 bits per heavy atom. The average Bonchev–Trinajstić information content (AvgIpc) is 2.69. The van der Waals surface area contributed by atoms with Crippen LogP contribution >= 0.6 is 15.9 Å². The van der Waals surface area contributed by atoms with Crippen molar-refractivity contribution in [3.05, 3.63) is 34.2 Å². The molecule has 1 heterocycles. The first-order valence-electron chi connectivity index (χ1n) is 5.01. The van der Waals surface area contributed by atoms with Crippen molar-refractivity contribution in [2.45, 2.75) is 6.92 Å². The first-order chi connectivity index (χ1) is 8.11. The second kappa shape index (κ2) is 4.85. The highest BCUT2D eigenvalue weighted by atomic mass is 79.9. The van der Waals surface area contributed by atoms with Crippen LogP contribution in [-0.2, 0) is 4.84 Å². The van der Waals surface area contributed by atoms with Crippen LogP contribution in [0.2, 0.25) is 0 Å². The van der Waals surface area contributed by atoms with E-state index in [2.05, 4.69) is 26.4 Å². The minimum absolute atomic E-state index is 0.255. The van der Waals surface area contributed by atoms with Crippen molar-refractivity contribution in [3.63, 3.8) is 0 Å². The third-order valence-electron chi connectivity index (χ3n) is 2.21. The second-order valence-electron chi connectivity index (χ2n) is 3.40. The maximum absolute atomic E-state index is 13.6. The number of aromatic amines is 1. The maximum atomic E-state index is 13.6. The van der Waals surface area contributed by atoms with Crippen molar-refractivity contribution in [1.29, 1.82) is 0 Å². The number of H-pyrrole nitrogens is 1. The van der Waals surface area contributed by atoms with Gasteiger partial charge < -0.3 is 4.98 Å². The molecular formula is C11H10BrFN2O2. The molecule has 6 heteroatoms. The van der Waals surface area contributed by atoms with Crippen LogP contribution in [0.3, 0.4) is 0 Å². The molecule has 0 bridgehead atoms. The highest BCUT2D eigenvalue weighted by molar-refractivity contribution is 9.10. The Hall–Kier alpha value is -1.40. The molecule has 17 heavy (non-hydrogen) atoms. The van der Waals surface area contributed by atoms with Gasteiger partial charge in [0, 0.05) is 9.86 Å². The largest absolute Gasteiger partial charge is 0.350 e. The number of carbonyl (C=O) groups excluding carboxylic acids is 1. The standard InChI is InChI=1S/C11H10BrFN2O2/c1-2-17-15-11(16)10-5-7-8(13)3-6(12)4-9(7)14-10/h3-5,14H,2H2,1H3,(H,15,16). The number of aromatic nitrogens is 1. The summed E-state index contributed by atoms with van der Waals surface area (Å²) in [4.78, 5) is 19.2. The van der Waals surface area contributed by atoms with E-state index >= 15 is 0 Å². The van der Waals surface area contributed by atoms with Gasteiger partial charge >= 0.3 is 0 Å². The van der Waals surface area contributed by atoms with Crippen molar-refractivity contribution < 1.29 is 14.0 Å². The third-order valence-corrected chi connectivity index (χ3v) is 2.66. The predicted molar refractivity (Wildman–Crippen MR) is 65.0 cm³/mol. The molecule has 0 saturated carbocycles. The van der Waals surface area contributed by atoms with Gasteiger partial charge in [0.2, 0.25) is 0 Å². The molecule has 0 aliphatic heterocycles. The van der Waals surface area contributed by atoms with E-state index in [-0.39, 0.29) is 11.5 Å². The van der Waals surface area contributed by atoms with Gasteiger partial charge in [0.05, 0.1) is 12.1 Å². The average molecular weight is 301 g/mol. The SMILES string of the molecule is CCONC(=O)c1cc2c(F)cc(Br)cc2[nH]1. The first-order valence-corrected chi connectivity index (χ1v) is 5.81. The van der Waals surface area contributed by atoms with Crippen LogP contribution in [-0.4, -0.2) is 17.5 Å². The van der Waals surface area contributed by atoms with Crippen molar-refractivity contribution in [2.24, 2.45) is 0 Å². The van der Waals surface area contributed by atoms with Gasteiger partial charge in [0.25, 0.3) is 5.91 Å². The van der Waals surface area contributed by atoms with Gasteiger partial charge in [-0.3, -0.25) is 9.63 Å². The number of rotatable bonds is 3. The lowest BCUT2D eigenvalue weighted by Gasteiger charge is -2.00. The Balaban J connectivity index is 2.37. The lowest BCUT2D eigenvalue weighted by molar-refractivity contribution is 0.0360. The molecule has 0 unspecified atom stereocenters. The zero-order chi connectivity index (χ0) is 12.4. The van der Waals surface area contributed by atoms with Crippen LogP contribution in [0.25, 0.3) is 10.9 Å². The Morgan fingerprint density at radius 2 is 2.29 bits per heavy atom. The van der Waals surface area contributed by atoms with E-state index in [1.54, 1.807) is 13.0 Å². The Labute approximate surface area is 105 Å². The number of fused-ring (bicyclic) bond motifs is 1. The van der Waals surface area contributed by atoms with Gasteiger partial charge in [0.15, 0.2) is 0 Å². The molecule has 90 valence electrons. The third kappa shape index (κ3) is 2.48. The zero-order valence-corrected chi connectivity index (χ0v) is 10.6. The Morgan fingerprint density at radius 3 is 3.00 bits per heavy atom. The summed E-state index contributed by atoms with van der Waals surface area (Å²) in [6.45, 7) is 2.12. The Bertz CT molecular complexity index is 568. The zero-order valence-electron chi connectivity index (χ0n) is 9.01. The van der Waals surface area contributed by atoms with E-state index in [0.29, 0.717) is 22.0 Å². The molecule has 0 aliphatic rings. The first kappa shape index (κ1) is 12.1. The van der Waals surface area contributed by atoms with E-state index in [1.807, 2.05) is 0 Å². The fourth-order valence-corrected chi connectivity index (χ4v) is 1.91. The summed E-state index contributed by atoms with van der Waals surface area (Å²) in [6.07, 6.45) is 0. The molecule has 2 N–H and O–H groups in total. The van der Waals surface area contributed by atoms with E-state index in [4.69, 9.17) is 4.84 Å². The molecular weight excluding hydrogens is 291 g/mol. The molecule has 0 saturated heterocycles. The molecule has 0 aliphatic carbocycles. The van der Waals surface area contributed by atoms with Gasteiger partial charge in [-0.1, -0.05) is 15.9 Å². The van der Waals surface area contributed by atoms with Crippen molar-refractivity contribution in [2.75, 3.05) is 6.61 Å². The van der Waals surface area contributed by atoms with E-state index in [1.165, 1.54) is 12.1 Å². The molecule has 1 amide bonds. The van der Waals surface area contributed by atoms with Crippen LogP contribution < -0.4 is 5.48 Å². The molecule has 0 atom stereocenters. The number of amides is 1. The van der Waals surface area contributed by atoms with Crippen LogP contribution in [0, 0.1) is 5.82 Å². The van der Waals surface area contributed by atoms with E-state index in [9.17, 15) is 9.18 Å². The van der Waals surface area contributed by atoms with Crippen molar-refractivity contribution in [3.8, 4) is 0 Å². The summed E-state index contributed by atoms with van der Waals surface area (Å²) < 4.78 is 14.2. The lowest BCUT2D eigenvalue weighted by atomic mass is 10.2. The van der Waals surface area contributed by atoms with E-state index in [0.717, 1.165) is 0 Å². The summed E-state index contributed by atoms with van der Waals surface area (Å²) in [5, 5.41) is 0.370. The molecule has 2 rings (SSSR count). The smallest absolute Gasteiger partial charge is 0.291 e. The molecule has 0 fully saturated rings. The predicted octanol–water partition coefficient (Wildman–Crippen LogP) is 2.75. The fraction of sp³-hybridized carbons (Fsp3) is 0.182. The topological polar surface area (TPSA) is 54.1 Å². The van der Waals surface area contributed by atoms with Crippen molar-refractivity contribution >= 4 is 32.7 Å². The minimum atomic E-state index is -0.432. The van der Waals surface area contributed by atoms with Crippen LogP contribution in [0.4, 0.5) is 4.39 Å². The summed E-state index contributed by atoms with van der Waals surface area (Å²) in [5.74, 6) is -0.820. The number of hydroxylamine groups is 1. The van der Waals surface area contributed by atoms with Gasteiger partial charge in [-0.25, -0.2) is 9.87 Å². The molecule has 0 radical (unpaired) electrons. The van der Waals surface area contributed by atoms with Crippen LogP contribution in [0.5, 0.6) is 0 Å². The minimum Gasteiger partial charge on any atom is -0.350 e. The monoisotopic (exact) mass is 300 g/mol. The number of nitrogens with one attached hydrogen (secondary N) is 2. The van der Waals surface area contributed by atoms with Crippen LogP contribution in [0.1, 0.15) is 17.4 Å². The Kier molecular flexibility index (Phi) is 3.44. The molecule has 2 aromatic rings.